The summed E-state index contributed by atoms with van der Waals surface area (Å²) in [7, 11) is 0. The summed E-state index contributed by atoms with van der Waals surface area (Å²) in [5.74, 6) is -1.52. The smallest absolute Gasteiger partial charge is 0.408 e. The number of rotatable bonds is 10. The number of hydrogen-bond donors (Lipinski definition) is 3. The van der Waals surface area contributed by atoms with Crippen LogP contribution in [-0.2, 0) is 19.1 Å². The van der Waals surface area contributed by atoms with Crippen LogP contribution in [0, 0.1) is 27.7 Å². The van der Waals surface area contributed by atoms with Crippen LogP contribution in [0.4, 0.5) is 10.5 Å². The fraction of sp³-hybridized carbons (Fsp3) is 0.467. The zero-order valence-corrected chi connectivity index (χ0v) is 24.3. The van der Waals surface area contributed by atoms with E-state index in [0.717, 1.165) is 22.3 Å². The number of primary amides is 1. The van der Waals surface area contributed by atoms with Gasteiger partial charge in [-0.05, 0) is 78.5 Å². The number of anilines is 1. The summed E-state index contributed by atoms with van der Waals surface area (Å²) < 4.78 is 5.35. The monoisotopic (exact) mass is 538 g/mol. The molecule has 0 aliphatic carbocycles. The summed E-state index contributed by atoms with van der Waals surface area (Å²) in [4.78, 5) is 53.5. The molecule has 0 aliphatic rings. The molecule has 0 aromatic heterocycles. The first-order valence-corrected chi connectivity index (χ1v) is 13.2. The molecule has 0 spiro atoms. The SMILES string of the molecule is CCN(C(=O)C(CCC(N)=O)NC(=O)OC(C)(C)C)C(C(=O)Nc1c(C)cccc1C)c1cc(C)cc(C)c1. The van der Waals surface area contributed by atoms with E-state index in [0.29, 0.717) is 11.3 Å². The highest BCUT2D eigenvalue weighted by Gasteiger charge is 2.36. The lowest BCUT2D eigenvalue weighted by molar-refractivity contribution is -0.140. The van der Waals surface area contributed by atoms with Crippen molar-refractivity contribution in [2.45, 2.75) is 85.9 Å². The summed E-state index contributed by atoms with van der Waals surface area (Å²) in [6.07, 6.45) is -0.974. The second-order valence-corrected chi connectivity index (χ2v) is 10.9. The number of carbonyl (C=O) groups excluding carboxylic acids is 4. The summed E-state index contributed by atoms with van der Waals surface area (Å²) in [5, 5.41) is 5.62. The van der Waals surface area contributed by atoms with Gasteiger partial charge >= 0.3 is 6.09 Å². The van der Waals surface area contributed by atoms with Gasteiger partial charge in [0.1, 0.15) is 17.7 Å². The molecular weight excluding hydrogens is 496 g/mol. The van der Waals surface area contributed by atoms with E-state index < -0.39 is 41.5 Å². The molecule has 4 N–H and O–H groups in total. The molecule has 9 heteroatoms. The number of benzene rings is 2. The van der Waals surface area contributed by atoms with Crippen molar-refractivity contribution in [1.82, 2.24) is 10.2 Å². The quantitative estimate of drug-likeness (QED) is 0.407. The van der Waals surface area contributed by atoms with E-state index in [4.69, 9.17) is 10.5 Å². The van der Waals surface area contributed by atoms with Gasteiger partial charge in [-0.3, -0.25) is 14.4 Å². The summed E-state index contributed by atoms with van der Waals surface area (Å²) in [5.41, 5.74) is 9.54. The fourth-order valence-electron chi connectivity index (χ4n) is 4.50. The number of amides is 4. The Bertz CT molecular complexity index is 1180. The van der Waals surface area contributed by atoms with Gasteiger partial charge < -0.3 is 26.0 Å². The van der Waals surface area contributed by atoms with Crippen LogP contribution in [-0.4, -0.2) is 46.9 Å². The number of aryl methyl sites for hydroxylation is 4. The Kier molecular flexibility index (Phi) is 10.7. The van der Waals surface area contributed by atoms with Crippen molar-refractivity contribution in [3.05, 3.63) is 64.2 Å². The molecule has 2 aromatic rings. The van der Waals surface area contributed by atoms with Crippen LogP contribution in [0.25, 0.3) is 0 Å². The first kappa shape index (κ1) is 31.3. The maximum atomic E-state index is 14.0. The van der Waals surface area contributed by atoms with Crippen LogP contribution in [0.2, 0.25) is 0 Å². The highest BCUT2D eigenvalue weighted by Crippen LogP contribution is 2.28. The average molecular weight is 539 g/mol. The molecule has 2 unspecified atom stereocenters. The second kappa shape index (κ2) is 13.3. The topological polar surface area (TPSA) is 131 Å². The Labute approximate surface area is 231 Å². The zero-order chi connectivity index (χ0) is 29.5. The van der Waals surface area contributed by atoms with Crippen molar-refractivity contribution in [1.29, 1.82) is 0 Å². The molecule has 0 radical (unpaired) electrons. The number of likely N-dealkylation sites (N-methyl/N-ethyl adjacent to an activating group) is 1. The normalized spacial score (nSPS) is 12.7. The van der Waals surface area contributed by atoms with Crippen molar-refractivity contribution in [2.75, 3.05) is 11.9 Å². The molecule has 4 amide bonds. The Balaban J connectivity index is 2.55. The summed E-state index contributed by atoms with van der Waals surface area (Å²) >= 11 is 0. The third kappa shape index (κ3) is 9.12. The maximum Gasteiger partial charge on any atom is 0.408 e. The number of nitrogens with zero attached hydrogens (tertiary/aromatic N) is 1. The van der Waals surface area contributed by atoms with Gasteiger partial charge in [0.25, 0.3) is 5.91 Å². The molecule has 0 aliphatic heterocycles. The van der Waals surface area contributed by atoms with Crippen molar-refractivity contribution in [3.63, 3.8) is 0 Å². The van der Waals surface area contributed by atoms with Crippen LogP contribution in [0.1, 0.15) is 74.4 Å². The number of ether oxygens (including phenoxy) is 1. The Morgan fingerprint density at radius 2 is 1.54 bits per heavy atom. The van der Waals surface area contributed by atoms with Gasteiger partial charge in [-0.1, -0.05) is 47.5 Å². The highest BCUT2D eigenvalue weighted by atomic mass is 16.6. The third-order valence-electron chi connectivity index (χ3n) is 6.14. The van der Waals surface area contributed by atoms with Gasteiger partial charge in [-0.15, -0.1) is 0 Å². The van der Waals surface area contributed by atoms with Crippen molar-refractivity contribution >= 4 is 29.5 Å². The standard InChI is InChI=1S/C30H42N4O5/c1-9-34(28(37)23(13-14-24(31)35)32-29(38)39-30(6,7)8)26(22-16-18(2)15-19(3)17-22)27(36)33-25-20(4)11-10-12-21(25)5/h10-12,15-17,23,26H,9,13-14H2,1-8H3,(H2,31,35)(H,32,38)(H,33,36). The molecular formula is C30H42N4O5. The minimum Gasteiger partial charge on any atom is -0.444 e. The number of nitrogens with two attached hydrogens (primary N) is 1. The van der Waals surface area contributed by atoms with Crippen molar-refractivity contribution < 1.29 is 23.9 Å². The molecule has 0 fully saturated rings. The minimum absolute atomic E-state index is 0.0397. The summed E-state index contributed by atoms with van der Waals surface area (Å²) in [6.45, 7) is 14.7. The largest absolute Gasteiger partial charge is 0.444 e. The number of carbonyl (C=O) groups is 4. The van der Waals surface area contributed by atoms with Gasteiger partial charge in [-0.25, -0.2) is 4.79 Å². The predicted molar refractivity (Wildman–Crippen MR) is 152 cm³/mol. The van der Waals surface area contributed by atoms with Crippen molar-refractivity contribution in [3.8, 4) is 0 Å². The van der Waals surface area contributed by atoms with E-state index in [9.17, 15) is 19.2 Å². The van der Waals surface area contributed by atoms with E-state index in [1.165, 1.54) is 4.90 Å². The first-order valence-electron chi connectivity index (χ1n) is 13.2. The molecule has 39 heavy (non-hydrogen) atoms. The lowest BCUT2D eigenvalue weighted by Gasteiger charge is -2.34. The van der Waals surface area contributed by atoms with Crippen LogP contribution >= 0.6 is 0 Å². The van der Waals surface area contributed by atoms with Gasteiger partial charge in [-0.2, -0.15) is 0 Å². The second-order valence-electron chi connectivity index (χ2n) is 10.9. The molecule has 2 aromatic carbocycles. The molecule has 0 heterocycles. The summed E-state index contributed by atoms with van der Waals surface area (Å²) in [6, 6.07) is 9.32. The fourth-order valence-corrected chi connectivity index (χ4v) is 4.50. The van der Waals surface area contributed by atoms with Crippen molar-refractivity contribution in [2.24, 2.45) is 5.73 Å². The molecule has 9 nitrogen and oxygen atoms in total. The molecule has 2 atom stereocenters. The van der Waals surface area contributed by atoms with Gasteiger partial charge in [0.2, 0.25) is 11.8 Å². The predicted octanol–water partition coefficient (Wildman–Crippen LogP) is 4.61. The lowest BCUT2D eigenvalue weighted by atomic mass is 9.97. The maximum absolute atomic E-state index is 14.0. The average Bonchev–Trinajstić information content (AvgIpc) is 2.80. The van der Waals surface area contributed by atoms with Crippen LogP contribution in [0.5, 0.6) is 0 Å². The molecule has 0 saturated heterocycles. The zero-order valence-electron chi connectivity index (χ0n) is 24.3. The van der Waals surface area contributed by atoms with Gasteiger partial charge in [0.15, 0.2) is 0 Å². The Morgan fingerprint density at radius 3 is 2.03 bits per heavy atom. The van der Waals surface area contributed by atoms with E-state index in [1.807, 2.05) is 64.1 Å². The number of alkyl carbamates (subject to hydrolysis) is 1. The number of hydrogen-bond acceptors (Lipinski definition) is 5. The lowest BCUT2D eigenvalue weighted by Crippen LogP contribution is -2.52. The van der Waals surface area contributed by atoms with Gasteiger partial charge in [0.05, 0.1) is 0 Å². The molecule has 0 saturated carbocycles. The number of nitrogens with one attached hydrogen (secondary N) is 2. The minimum atomic E-state index is -1.13. The Morgan fingerprint density at radius 1 is 0.974 bits per heavy atom. The Hall–Kier alpha value is -3.88. The van der Waals surface area contributed by atoms with E-state index in [1.54, 1.807) is 27.7 Å². The molecule has 0 bridgehead atoms. The first-order chi connectivity index (χ1) is 18.1. The van der Waals surface area contributed by atoms with E-state index in [-0.39, 0.29) is 19.4 Å². The van der Waals surface area contributed by atoms with E-state index >= 15 is 0 Å². The van der Waals surface area contributed by atoms with E-state index in [2.05, 4.69) is 10.6 Å². The van der Waals surface area contributed by atoms with Crippen LogP contribution < -0.4 is 16.4 Å². The highest BCUT2D eigenvalue weighted by molar-refractivity contribution is 6.00. The molecule has 2 rings (SSSR count). The third-order valence-corrected chi connectivity index (χ3v) is 6.14. The number of para-hydroxylation sites is 1. The molecule has 212 valence electrons. The van der Waals surface area contributed by atoms with Gasteiger partial charge in [0, 0.05) is 18.7 Å². The van der Waals surface area contributed by atoms with Crippen LogP contribution in [0.15, 0.2) is 36.4 Å². The van der Waals surface area contributed by atoms with Crippen LogP contribution in [0.3, 0.4) is 0 Å².